The van der Waals surface area contributed by atoms with E-state index in [1.807, 2.05) is 0 Å². The van der Waals surface area contributed by atoms with Gasteiger partial charge in [0.05, 0.1) is 12.7 Å². The number of piperidine rings is 2. The molecule has 2 aliphatic heterocycles. The van der Waals surface area contributed by atoms with E-state index >= 15 is 0 Å². The van der Waals surface area contributed by atoms with Gasteiger partial charge >= 0.3 is 0 Å². The molecule has 13 heavy (non-hydrogen) atoms. The number of fused-ring (bicyclic) bond motifs is 2. The third-order valence-electron chi connectivity index (χ3n) is 3.30. The first-order valence-corrected chi connectivity index (χ1v) is 5.30. The van der Waals surface area contributed by atoms with Crippen LogP contribution in [0, 0.1) is 11.8 Å². The van der Waals surface area contributed by atoms with Crippen molar-refractivity contribution in [3.8, 4) is 0 Å². The van der Waals surface area contributed by atoms with Gasteiger partial charge in [-0.3, -0.25) is 0 Å². The van der Waals surface area contributed by atoms with Gasteiger partial charge in [0.25, 0.3) is 0 Å². The maximum Gasteiger partial charge on any atom is 0.0655 e. The van der Waals surface area contributed by atoms with E-state index in [9.17, 15) is 0 Å². The summed E-state index contributed by atoms with van der Waals surface area (Å²) >= 11 is 0. The highest BCUT2D eigenvalue weighted by Gasteiger charge is 2.46. The molecule has 0 aromatic heterocycles. The summed E-state index contributed by atoms with van der Waals surface area (Å²) in [4.78, 5) is 2.36. The van der Waals surface area contributed by atoms with Gasteiger partial charge in [0.1, 0.15) is 0 Å². The van der Waals surface area contributed by atoms with Crippen LogP contribution in [0.15, 0.2) is 0 Å². The van der Waals surface area contributed by atoms with E-state index in [0.29, 0.717) is 12.7 Å². The third kappa shape index (κ3) is 1.73. The lowest BCUT2D eigenvalue weighted by Crippen LogP contribution is -2.59. The number of hydrogen-bond acceptors (Lipinski definition) is 3. The van der Waals surface area contributed by atoms with Gasteiger partial charge in [-0.05, 0) is 25.2 Å². The van der Waals surface area contributed by atoms with Crippen molar-refractivity contribution in [2.75, 3.05) is 32.8 Å². The first kappa shape index (κ1) is 9.44. The molecular formula is C10H19NO2. The van der Waals surface area contributed by atoms with E-state index < -0.39 is 0 Å². The summed E-state index contributed by atoms with van der Waals surface area (Å²) in [6.07, 6.45) is 1.87. The molecule has 2 saturated heterocycles. The topological polar surface area (TPSA) is 32.7 Å². The van der Waals surface area contributed by atoms with Crippen molar-refractivity contribution < 1.29 is 9.84 Å². The number of aliphatic hydroxyl groups excluding tert-OH is 1. The molecule has 0 radical (unpaired) electrons. The lowest BCUT2D eigenvalue weighted by molar-refractivity contribution is -0.141. The Morgan fingerprint density at radius 1 is 1.38 bits per heavy atom. The average Bonchev–Trinajstić information content (AvgIpc) is 2.15. The zero-order chi connectivity index (χ0) is 9.26. The molecule has 2 atom stereocenters. The molecule has 2 heterocycles. The summed E-state index contributed by atoms with van der Waals surface area (Å²) in [6.45, 7) is 6.30. The molecule has 3 heteroatoms. The van der Waals surface area contributed by atoms with E-state index in [1.54, 1.807) is 0 Å². The van der Waals surface area contributed by atoms with Gasteiger partial charge in [0, 0.05) is 26.2 Å². The van der Waals surface area contributed by atoms with Gasteiger partial charge < -0.3 is 14.7 Å². The maximum atomic E-state index is 8.82. The normalized spacial score (nSPS) is 38.8. The molecular weight excluding hydrogens is 166 g/mol. The fraction of sp³-hybridized carbons (Fsp3) is 1.00. The second-order valence-electron chi connectivity index (χ2n) is 4.16. The summed E-state index contributed by atoms with van der Waals surface area (Å²) in [5.41, 5.74) is 0. The molecule has 2 unspecified atom stereocenters. The Hall–Kier alpha value is -0.120. The van der Waals surface area contributed by atoms with Crippen molar-refractivity contribution in [3.05, 3.63) is 0 Å². The number of nitrogens with zero attached hydrogens (tertiary/aromatic N) is 1. The highest BCUT2D eigenvalue weighted by molar-refractivity contribution is 4.98. The van der Waals surface area contributed by atoms with E-state index in [1.165, 1.54) is 6.42 Å². The van der Waals surface area contributed by atoms with Crippen LogP contribution in [-0.2, 0) is 4.74 Å². The van der Waals surface area contributed by atoms with Crippen LogP contribution < -0.4 is 0 Å². The number of hydrogen-bond donors (Lipinski definition) is 1. The quantitative estimate of drug-likeness (QED) is 0.685. The molecule has 1 aliphatic carbocycles. The van der Waals surface area contributed by atoms with Crippen molar-refractivity contribution >= 4 is 0 Å². The summed E-state index contributed by atoms with van der Waals surface area (Å²) < 4.78 is 5.68. The molecule has 3 nitrogen and oxygen atoms in total. The van der Waals surface area contributed by atoms with Crippen LogP contribution in [0.2, 0.25) is 0 Å². The maximum absolute atomic E-state index is 8.82. The largest absolute Gasteiger partial charge is 0.395 e. The van der Waals surface area contributed by atoms with Gasteiger partial charge in [0.2, 0.25) is 0 Å². The Bertz CT molecular complexity index is 162. The first-order valence-electron chi connectivity index (χ1n) is 5.30. The van der Waals surface area contributed by atoms with Gasteiger partial charge in [-0.25, -0.2) is 0 Å². The first-order chi connectivity index (χ1) is 6.35. The average molecular weight is 185 g/mol. The zero-order valence-corrected chi connectivity index (χ0v) is 8.28. The minimum atomic E-state index is 0.290. The van der Waals surface area contributed by atoms with Gasteiger partial charge in [-0.15, -0.1) is 0 Å². The molecule has 1 saturated carbocycles. The van der Waals surface area contributed by atoms with E-state index in [0.717, 1.165) is 38.1 Å². The minimum absolute atomic E-state index is 0.290. The van der Waals surface area contributed by atoms with Crippen LogP contribution in [0.3, 0.4) is 0 Å². The van der Waals surface area contributed by atoms with Crippen LogP contribution in [-0.4, -0.2) is 49.0 Å². The van der Waals surface area contributed by atoms with Gasteiger partial charge in [-0.2, -0.15) is 0 Å². The van der Waals surface area contributed by atoms with Crippen LogP contribution >= 0.6 is 0 Å². The highest BCUT2D eigenvalue weighted by atomic mass is 16.5. The standard InChI is InChI=1S/C10H19NO2/c1-2-13-10-8-5-9(10)7-11(6-8)3-4-12/h8-10,12H,2-7H2,1H3. The monoisotopic (exact) mass is 185 g/mol. The second-order valence-corrected chi connectivity index (χ2v) is 4.16. The number of ether oxygens (including phenoxy) is 1. The van der Waals surface area contributed by atoms with Crippen molar-refractivity contribution in [3.63, 3.8) is 0 Å². The Morgan fingerprint density at radius 2 is 2.08 bits per heavy atom. The van der Waals surface area contributed by atoms with Crippen molar-refractivity contribution in [2.45, 2.75) is 19.4 Å². The van der Waals surface area contributed by atoms with Crippen molar-refractivity contribution in [1.29, 1.82) is 0 Å². The molecule has 1 N–H and O–H groups in total. The highest BCUT2D eigenvalue weighted by Crippen LogP contribution is 2.41. The fourth-order valence-electron chi connectivity index (χ4n) is 2.73. The smallest absolute Gasteiger partial charge is 0.0655 e. The van der Waals surface area contributed by atoms with E-state index in [-0.39, 0.29) is 0 Å². The summed E-state index contributed by atoms with van der Waals surface area (Å²) in [6, 6.07) is 0. The lowest BCUT2D eigenvalue weighted by Gasteiger charge is -2.53. The van der Waals surface area contributed by atoms with Crippen LogP contribution in [0.1, 0.15) is 13.3 Å². The molecule has 2 bridgehead atoms. The Labute approximate surface area is 79.7 Å². The Balaban J connectivity index is 1.80. The van der Waals surface area contributed by atoms with E-state index in [4.69, 9.17) is 9.84 Å². The van der Waals surface area contributed by atoms with E-state index in [2.05, 4.69) is 11.8 Å². The molecule has 3 aliphatic rings. The van der Waals surface area contributed by atoms with Crippen LogP contribution in [0.4, 0.5) is 0 Å². The minimum Gasteiger partial charge on any atom is -0.395 e. The lowest BCUT2D eigenvalue weighted by atomic mass is 9.68. The molecule has 0 amide bonds. The van der Waals surface area contributed by atoms with Crippen molar-refractivity contribution in [2.24, 2.45) is 11.8 Å². The summed E-state index contributed by atoms with van der Waals surface area (Å²) in [5.74, 6) is 1.48. The molecule has 0 aromatic rings. The predicted molar refractivity (Wildman–Crippen MR) is 50.5 cm³/mol. The van der Waals surface area contributed by atoms with Gasteiger partial charge in [0.15, 0.2) is 0 Å². The summed E-state index contributed by atoms with van der Waals surface area (Å²) in [7, 11) is 0. The van der Waals surface area contributed by atoms with Crippen molar-refractivity contribution in [1.82, 2.24) is 4.90 Å². The summed E-state index contributed by atoms with van der Waals surface area (Å²) in [5, 5.41) is 8.82. The van der Waals surface area contributed by atoms with Crippen LogP contribution in [0.25, 0.3) is 0 Å². The second kappa shape index (κ2) is 3.95. The fourth-order valence-corrected chi connectivity index (χ4v) is 2.73. The predicted octanol–water partition coefficient (Wildman–Crippen LogP) is 0.336. The molecule has 3 rings (SSSR count). The SMILES string of the molecule is CCOC1C2CC1CN(CCO)C2. The molecule has 0 aromatic carbocycles. The Kier molecular flexibility index (Phi) is 2.86. The Morgan fingerprint density at radius 3 is 2.62 bits per heavy atom. The zero-order valence-electron chi connectivity index (χ0n) is 8.28. The molecule has 0 spiro atoms. The van der Waals surface area contributed by atoms with Gasteiger partial charge in [-0.1, -0.05) is 0 Å². The third-order valence-corrected chi connectivity index (χ3v) is 3.30. The number of rotatable bonds is 4. The molecule has 3 fully saturated rings. The molecule has 76 valence electrons. The number of aliphatic hydroxyl groups is 1. The van der Waals surface area contributed by atoms with Crippen LogP contribution in [0.5, 0.6) is 0 Å².